The number of anilines is 3. The van der Waals surface area contributed by atoms with Gasteiger partial charge in [-0.15, -0.1) is 0 Å². The minimum atomic E-state index is -0.375. The van der Waals surface area contributed by atoms with Gasteiger partial charge in [0.25, 0.3) is 0 Å². The zero-order valence-electron chi connectivity index (χ0n) is 22.2. The molecule has 4 aromatic rings. The summed E-state index contributed by atoms with van der Waals surface area (Å²) < 4.78 is 11.4. The molecule has 4 aromatic carbocycles. The molecule has 0 spiro atoms. The fraction of sp³-hybridized carbons (Fsp3) is 0.188. The van der Waals surface area contributed by atoms with Crippen molar-refractivity contribution in [2.75, 3.05) is 48.8 Å². The number of hydrogen-bond donors (Lipinski definition) is 2. The first-order valence-corrected chi connectivity index (χ1v) is 13.3. The van der Waals surface area contributed by atoms with Gasteiger partial charge < -0.3 is 29.9 Å². The quantitative estimate of drug-likeness (QED) is 0.332. The van der Waals surface area contributed by atoms with Crippen LogP contribution >= 0.6 is 0 Å². The van der Waals surface area contributed by atoms with E-state index in [2.05, 4.69) is 15.5 Å². The topological polar surface area (TPSA) is 83.1 Å². The molecule has 2 N–H and O–H groups in total. The largest absolute Gasteiger partial charge is 0.495 e. The molecule has 0 bridgehead atoms. The van der Waals surface area contributed by atoms with Crippen molar-refractivity contribution in [3.8, 4) is 17.2 Å². The molecule has 2 heterocycles. The van der Waals surface area contributed by atoms with E-state index in [1.807, 2.05) is 89.8 Å². The normalized spacial score (nSPS) is 14.4. The van der Waals surface area contributed by atoms with Gasteiger partial charge in [0, 0.05) is 48.7 Å². The standard InChI is InChI=1S/C32H30N4O4/c1-39-29-13-7-4-10-26(29)34-32(38)33-22-14-16-23(17-15-22)35-18-20-36(21-19-35)31(37)30-24-8-2-5-11-27(24)40-28-12-6-3-9-25(28)30/h2-17,30H,18-21H2,1H3,(H2,33,34,38). The van der Waals surface area contributed by atoms with E-state index in [4.69, 9.17) is 9.47 Å². The van der Waals surface area contributed by atoms with Gasteiger partial charge in [0.15, 0.2) is 0 Å². The summed E-state index contributed by atoms with van der Waals surface area (Å²) in [5.74, 6) is 1.80. The zero-order valence-corrected chi connectivity index (χ0v) is 22.2. The number of hydrogen-bond acceptors (Lipinski definition) is 5. The highest BCUT2D eigenvalue weighted by atomic mass is 16.5. The molecule has 2 aliphatic heterocycles. The summed E-state index contributed by atoms with van der Waals surface area (Å²) in [4.78, 5) is 30.5. The predicted molar refractivity (Wildman–Crippen MR) is 156 cm³/mol. The first-order valence-electron chi connectivity index (χ1n) is 13.3. The van der Waals surface area contributed by atoms with Crippen LogP contribution in [0.25, 0.3) is 0 Å². The van der Waals surface area contributed by atoms with Crippen molar-refractivity contribution >= 4 is 29.0 Å². The van der Waals surface area contributed by atoms with Gasteiger partial charge in [-0.25, -0.2) is 4.79 Å². The molecule has 8 nitrogen and oxygen atoms in total. The Labute approximate surface area is 233 Å². The molecule has 0 atom stereocenters. The fourth-order valence-electron chi connectivity index (χ4n) is 5.33. The fourth-order valence-corrected chi connectivity index (χ4v) is 5.33. The highest BCUT2D eigenvalue weighted by molar-refractivity contribution is 6.00. The number of rotatable bonds is 5. The van der Waals surface area contributed by atoms with Crippen LogP contribution in [0.1, 0.15) is 17.0 Å². The SMILES string of the molecule is COc1ccccc1NC(=O)Nc1ccc(N2CCN(C(=O)C3c4ccccc4Oc4ccccc43)CC2)cc1. The molecule has 202 valence electrons. The van der Waals surface area contributed by atoms with Gasteiger partial charge in [0.1, 0.15) is 17.2 Å². The van der Waals surface area contributed by atoms with Crippen molar-refractivity contribution in [1.82, 2.24) is 4.90 Å². The van der Waals surface area contributed by atoms with Crippen LogP contribution in [0.3, 0.4) is 0 Å². The highest BCUT2D eigenvalue weighted by Crippen LogP contribution is 2.44. The lowest BCUT2D eigenvalue weighted by atomic mass is 9.86. The van der Waals surface area contributed by atoms with Crippen LogP contribution in [0.15, 0.2) is 97.1 Å². The maximum Gasteiger partial charge on any atom is 0.323 e. The van der Waals surface area contributed by atoms with Crippen molar-refractivity contribution in [1.29, 1.82) is 0 Å². The molecule has 1 fully saturated rings. The third-order valence-electron chi connectivity index (χ3n) is 7.36. The van der Waals surface area contributed by atoms with Crippen molar-refractivity contribution in [2.45, 2.75) is 5.92 Å². The van der Waals surface area contributed by atoms with Gasteiger partial charge in [-0.2, -0.15) is 0 Å². The molecule has 0 unspecified atom stereocenters. The number of urea groups is 1. The summed E-state index contributed by atoms with van der Waals surface area (Å²) in [6, 6.07) is 30.2. The number of benzene rings is 4. The van der Waals surface area contributed by atoms with E-state index >= 15 is 0 Å². The van der Waals surface area contributed by atoms with Crippen molar-refractivity contribution in [2.24, 2.45) is 0 Å². The Morgan fingerprint density at radius 3 is 2.00 bits per heavy atom. The molecule has 40 heavy (non-hydrogen) atoms. The lowest BCUT2D eigenvalue weighted by Crippen LogP contribution is -2.50. The third-order valence-corrected chi connectivity index (χ3v) is 7.36. The van der Waals surface area contributed by atoms with Crippen LogP contribution in [0, 0.1) is 0 Å². The highest BCUT2D eigenvalue weighted by Gasteiger charge is 2.36. The second-order valence-electron chi connectivity index (χ2n) is 9.75. The van der Waals surface area contributed by atoms with Crippen LogP contribution in [-0.4, -0.2) is 50.1 Å². The number of para-hydroxylation sites is 4. The van der Waals surface area contributed by atoms with E-state index in [1.165, 1.54) is 0 Å². The van der Waals surface area contributed by atoms with E-state index < -0.39 is 0 Å². The molecule has 0 saturated carbocycles. The Kier molecular flexibility index (Phi) is 6.97. The number of carbonyl (C=O) groups is 2. The number of piperazine rings is 1. The van der Waals surface area contributed by atoms with Crippen LogP contribution in [0.4, 0.5) is 21.9 Å². The van der Waals surface area contributed by atoms with Crippen LogP contribution in [-0.2, 0) is 4.79 Å². The molecular formula is C32H30N4O4. The molecule has 1 saturated heterocycles. The van der Waals surface area contributed by atoms with Gasteiger partial charge in [0.05, 0.1) is 18.7 Å². The molecule has 2 aliphatic rings. The molecule has 6 rings (SSSR count). The van der Waals surface area contributed by atoms with Crippen LogP contribution in [0.2, 0.25) is 0 Å². The molecular weight excluding hydrogens is 504 g/mol. The molecule has 0 radical (unpaired) electrons. The summed E-state index contributed by atoms with van der Waals surface area (Å²) in [5, 5.41) is 5.67. The summed E-state index contributed by atoms with van der Waals surface area (Å²) in [7, 11) is 1.57. The zero-order chi connectivity index (χ0) is 27.5. The molecule has 8 heteroatoms. The Hall–Kier alpha value is -4.98. The van der Waals surface area contributed by atoms with E-state index in [0.29, 0.717) is 30.2 Å². The van der Waals surface area contributed by atoms with Gasteiger partial charge in [-0.05, 0) is 48.5 Å². The van der Waals surface area contributed by atoms with Crippen molar-refractivity contribution in [3.63, 3.8) is 0 Å². The number of nitrogens with one attached hydrogen (secondary N) is 2. The Morgan fingerprint density at radius 2 is 1.35 bits per heavy atom. The smallest absolute Gasteiger partial charge is 0.323 e. The second kappa shape index (κ2) is 11.0. The van der Waals surface area contributed by atoms with Gasteiger partial charge in [0.2, 0.25) is 5.91 Å². The number of fused-ring (bicyclic) bond motifs is 2. The average Bonchev–Trinajstić information content (AvgIpc) is 3.00. The summed E-state index contributed by atoms with van der Waals surface area (Å²) in [6.45, 7) is 2.70. The first-order chi connectivity index (χ1) is 19.6. The number of methoxy groups -OCH3 is 1. The first kappa shape index (κ1) is 25.3. The van der Waals surface area contributed by atoms with Crippen molar-refractivity contribution in [3.05, 3.63) is 108 Å². The second-order valence-corrected chi connectivity index (χ2v) is 9.75. The molecule has 3 amide bonds. The third kappa shape index (κ3) is 5.03. The van der Waals surface area contributed by atoms with Gasteiger partial charge >= 0.3 is 6.03 Å². The Morgan fingerprint density at radius 1 is 0.750 bits per heavy atom. The molecule has 0 aliphatic carbocycles. The Balaban J connectivity index is 1.08. The number of ether oxygens (including phenoxy) is 2. The summed E-state index contributed by atoms with van der Waals surface area (Å²) in [6.07, 6.45) is 0. The maximum absolute atomic E-state index is 13.8. The Bertz CT molecular complexity index is 1480. The number of amides is 3. The summed E-state index contributed by atoms with van der Waals surface area (Å²) >= 11 is 0. The van der Waals surface area contributed by atoms with Crippen LogP contribution in [0.5, 0.6) is 17.2 Å². The lowest BCUT2D eigenvalue weighted by molar-refractivity contribution is -0.132. The lowest BCUT2D eigenvalue weighted by Gasteiger charge is -2.38. The monoisotopic (exact) mass is 534 g/mol. The minimum absolute atomic E-state index is 0.100. The van der Waals surface area contributed by atoms with Crippen molar-refractivity contribution < 1.29 is 19.1 Å². The van der Waals surface area contributed by atoms with Crippen LogP contribution < -0.4 is 25.0 Å². The number of nitrogens with zero attached hydrogens (tertiary/aromatic N) is 2. The maximum atomic E-state index is 13.8. The van der Waals surface area contributed by atoms with E-state index in [-0.39, 0.29) is 17.9 Å². The van der Waals surface area contributed by atoms with E-state index in [0.717, 1.165) is 41.4 Å². The predicted octanol–water partition coefficient (Wildman–Crippen LogP) is 5.93. The van der Waals surface area contributed by atoms with E-state index in [1.54, 1.807) is 19.2 Å². The minimum Gasteiger partial charge on any atom is -0.495 e. The molecule has 0 aromatic heterocycles. The average molecular weight is 535 g/mol. The van der Waals surface area contributed by atoms with Gasteiger partial charge in [-0.1, -0.05) is 48.5 Å². The summed E-state index contributed by atoms with van der Waals surface area (Å²) in [5.41, 5.74) is 4.14. The van der Waals surface area contributed by atoms with E-state index in [9.17, 15) is 9.59 Å². The number of carbonyl (C=O) groups excluding carboxylic acids is 2. The van der Waals surface area contributed by atoms with Gasteiger partial charge in [-0.3, -0.25) is 4.79 Å².